The van der Waals surface area contributed by atoms with Crippen molar-refractivity contribution in [1.29, 1.82) is 0 Å². The van der Waals surface area contributed by atoms with Gasteiger partial charge in [-0.3, -0.25) is 0 Å². The Morgan fingerprint density at radius 1 is 1.59 bits per heavy atom. The van der Waals surface area contributed by atoms with E-state index in [9.17, 15) is 5.11 Å². The number of rotatable bonds is 2. The molecule has 3 atom stereocenters. The van der Waals surface area contributed by atoms with Crippen molar-refractivity contribution >= 4 is 23.1 Å². The van der Waals surface area contributed by atoms with Crippen LogP contribution >= 0.6 is 23.1 Å². The standard InChI is InChI=1S/C12H17NO2S2/c14-11(10-6-17-8-13-10)9-1-3-15-12(5-9)2-4-16-7-12/h6,8-9,11,14H,1-5,7H2. The van der Waals surface area contributed by atoms with E-state index in [1.54, 1.807) is 16.8 Å². The molecule has 2 aliphatic heterocycles. The Balaban J connectivity index is 1.71. The quantitative estimate of drug-likeness (QED) is 0.897. The Morgan fingerprint density at radius 2 is 2.53 bits per heavy atom. The van der Waals surface area contributed by atoms with E-state index >= 15 is 0 Å². The van der Waals surface area contributed by atoms with Gasteiger partial charge in [-0.1, -0.05) is 0 Å². The Bertz CT molecular complexity index is 363. The SMILES string of the molecule is OC(c1cscn1)C1CCOC2(CCSC2)C1. The molecule has 1 aromatic heterocycles. The molecule has 1 spiro atoms. The van der Waals surface area contributed by atoms with Crippen LogP contribution in [0, 0.1) is 5.92 Å². The first-order chi connectivity index (χ1) is 8.29. The highest BCUT2D eigenvalue weighted by atomic mass is 32.2. The summed E-state index contributed by atoms with van der Waals surface area (Å²) in [5.41, 5.74) is 2.67. The molecule has 5 heteroatoms. The molecular formula is C12H17NO2S2. The van der Waals surface area contributed by atoms with Crippen molar-refractivity contribution in [3.63, 3.8) is 0 Å². The van der Waals surface area contributed by atoms with Crippen LogP contribution in [0.3, 0.4) is 0 Å². The van der Waals surface area contributed by atoms with Crippen molar-refractivity contribution in [2.24, 2.45) is 5.92 Å². The molecule has 0 aromatic carbocycles. The highest BCUT2D eigenvalue weighted by molar-refractivity contribution is 7.99. The summed E-state index contributed by atoms with van der Waals surface area (Å²) in [6.45, 7) is 0.784. The fraction of sp³-hybridized carbons (Fsp3) is 0.750. The number of aliphatic hydroxyl groups is 1. The number of aromatic nitrogens is 1. The number of ether oxygens (including phenoxy) is 1. The second-order valence-electron chi connectivity index (χ2n) is 4.95. The maximum atomic E-state index is 10.4. The molecule has 1 aromatic rings. The molecule has 3 rings (SSSR count). The fourth-order valence-electron chi connectivity index (χ4n) is 2.81. The Morgan fingerprint density at radius 3 is 3.24 bits per heavy atom. The molecule has 3 nitrogen and oxygen atoms in total. The minimum atomic E-state index is -0.410. The zero-order valence-electron chi connectivity index (χ0n) is 9.67. The van der Waals surface area contributed by atoms with Crippen molar-refractivity contribution in [3.8, 4) is 0 Å². The van der Waals surface area contributed by atoms with Gasteiger partial charge in [0.15, 0.2) is 0 Å². The highest BCUT2D eigenvalue weighted by Crippen LogP contribution is 2.43. The summed E-state index contributed by atoms with van der Waals surface area (Å²) in [5, 5.41) is 12.3. The molecule has 0 radical (unpaired) electrons. The van der Waals surface area contributed by atoms with Crippen molar-refractivity contribution in [2.75, 3.05) is 18.1 Å². The van der Waals surface area contributed by atoms with Gasteiger partial charge in [-0.05, 0) is 30.9 Å². The van der Waals surface area contributed by atoms with Gasteiger partial charge in [0.1, 0.15) is 0 Å². The summed E-state index contributed by atoms with van der Waals surface area (Å²) < 4.78 is 5.97. The van der Waals surface area contributed by atoms with Crippen LogP contribution in [-0.2, 0) is 4.74 Å². The molecule has 3 heterocycles. The third-order valence-electron chi connectivity index (χ3n) is 3.80. The molecule has 94 valence electrons. The normalized spacial score (nSPS) is 35.2. The van der Waals surface area contributed by atoms with Crippen LogP contribution in [0.15, 0.2) is 10.9 Å². The number of thioether (sulfide) groups is 1. The smallest absolute Gasteiger partial charge is 0.0998 e. The molecule has 0 amide bonds. The van der Waals surface area contributed by atoms with Gasteiger partial charge in [0, 0.05) is 17.7 Å². The summed E-state index contributed by atoms with van der Waals surface area (Å²) in [6.07, 6.45) is 2.66. The van der Waals surface area contributed by atoms with Crippen LogP contribution < -0.4 is 0 Å². The van der Waals surface area contributed by atoms with Crippen LogP contribution in [0.1, 0.15) is 31.1 Å². The summed E-state index contributed by atoms with van der Waals surface area (Å²) in [7, 11) is 0. The van der Waals surface area contributed by atoms with E-state index < -0.39 is 6.10 Å². The van der Waals surface area contributed by atoms with E-state index in [0.29, 0.717) is 5.92 Å². The maximum absolute atomic E-state index is 10.4. The maximum Gasteiger partial charge on any atom is 0.0998 e. The number of thiazole rings is 1. The van der Waals surface area contributed by atoms with Gasteiger partial charge < -0.3 is 9.84 Å². The summed E-state index contributed by atoms with van der Waals surface area (Å²) in [6, 6.07) is 0. The summed E-state index contributed by atoms with van der Waals surface area (Å²) in [4.78, 5) is 4.23. The molecule has 0 bridgehead atoms. The topological polar surface area (TPSA) is 42.4 Å². The van der Waals surface area contributed by atoms with Crippen LogP contribution in [0.4, 0.5) is 0 Å². The fourth-order valence-corrected chi connectivity index (χ4v) is 4.77. The van der Waals surface area contributed by atoms with E-state index in [1.165, 1.54) is 5.75 Å². The van der Waals surface area contributed by atoms with Crippen molar-refractivity contribution in [3.05, 3.63) is 16.6 Å². The largest absolute Gasteiger partial charge is 0.386 e. The summed E-state index contributed by atoms with van der Waals surface area (Å²) >= 11 is 3.52. The second kappa shape index (κ2) is 4.88. The first-order valence-electron chi connectivity index (χ1n) is 6.07. The molecule has 0 saturated carbocycles. The van der Waals surface area contributed by atoms with Gasteiger partial charge in [0.05, 0.1) is 22.9 Å². The van der Waals surface area contributed by atoms with E-state index in [2.05, 4.69) is 4.98 Å². The lowest BCUT2D eigenvalue weighted by atomic mass is 9.81. The van der Waals surface area contributed by atoms with Gasteiger partial charge in [0.25, 0.3) is 0 Å². The lowest BCUT2D eigenvalue weighted by molar-refractivity contribution is -0.102. The van der Waals surface area contributed by atoms with Gasteiger partial charge in [-0.15, -0.1) is 11.3 Å². The number of aliphatic hydroxyl groups excluding tert-OH is 1. The van der Waals surface area contributed by atoms with E-state index in [1.807, 2.05) is 17.1 Å². The lowest BCUT2D eigenvalue weighted by Gasteiger charge is -2.39. The van der Waals surface area contributed by atoms with E-state index in [0.717, 1.165) is 37.3 Å². The summed E-state index contributed by atoms with van der Waals surface area (Å²) in [5.74, 6) is 2.59. The first kappa shape index (κ1) is 12.0. The van der Waals surface area contributed by atoms with Crippen molar-refractivity contribution in [2.45, 2.75) is 31.0 Å². The van der Waals surface area contributed by atoms with Gasteiger partial charge in [-0.2, -0.15) is 11.8 Å². The number of hydrogen-bond donors (Lipinski definition) is 1. The third-order valence-corrected chi connectivity index (χ3v) is 5.63. The monoisotopic (exact) mass is 271 g/mol. The van der Waals surface area contributed by atoms with E-state index in [-0.39, 0.29) is 5.60 Å². The van der Waals surface area contributed by atoms with Crippen LogP contribution in [0.5, 0.6) is 0 Å². The predicted octanol–water partition coefficient (Wildman–Crippen LogP) is 2.48. The van der Waals surface area contributed by atoms with Crippen LogP contribution in [-0.4, -0.2) is 33.8 Å². The Labute approximate surface area is 110 Å². The lowest BCUT2D eigenvalue weighted by Crippen LogP contribution is -2.41. The van der Waals surface area contributed by atoms with E-state index in [4.69, 9.17) is 4.74 Å². The van der Waals surface area contributed by atoms with Crippen LogP contribution in [0.2, 0.25) is 0 Å². The van der Waals surface area contributed by atoms with Gasteiger partial charge >= 0.3 is 0 Å². The third kappa shape index (κ3) is 2.38. The molecular weight excluding hydrogens is 254 g/mol. The van der Waals surface area contributed by atoms with Gasteiger partial charge in [-0.25, -0.2) is 4.98 Å². The van der Waals surface area contributed by atoms with Crippen molar-refractivity contribution in [1.82, 2.24) is 4.98 Å². The molecule has 17 heavy (non-hydrogen) atoms. The number of hydrogen-bond acceptors (Lipinski definition) is 5. The Hall–Kier alpha value is -0.100. The average molecular weight is 271 g/mol. The zero-order valence-corrected chi connectivity index (χ0v) is 11.3. The molecule has 1 N–H and O–H groups in total. The second-order valence-corrected chi connectivity index (χ2v) is 6.77. The van der Waals surface area contributed by atoms with Gasteiger partial charge in [0.2, 0.25) is 0 Å². The molecule has 2 aliphatic rings. The molecule has 0 aliphatic carbocycles. The Kier molecular flexibility index (Phi) is 3.43. The molecule has 2 saturated heterocycles. The highest BCUT2D eigenvalue weighted by Gasteiger charge is 2.42. The first-order valence-corrected chi connectivity index (χ1v) is 8.17. The zero-order chi connectivity index (χ0) is 11.7. The molecule has 3 unspecified atom stereocenters. The van der Waals surface area contributed by atoms with Crippen LogP contribution in [0.25, 0.3) is 0 Å². The molecule has 2 fully saturated rings. The average Bonchev–Trinajstić information content (AvgIpc) is 3.00. The number of nitrogens with zero attached hydrogens (tertiary/aromatic N) is 1. The minimum Gasteiger partial charge on any atom is -0.386 e. The minimum absolute atomic E-state index is 0.0462. The van der Waals surface area contributed by atoms with Crippen molar-refractivity contribution < 1.29 is 9.84 Å². The predicted molar refractivity (Wildman–Crippen MR) is 70.4 cm³/mol.